The van der Waals surface area contributed by atoms with Gasteiger partial charge in [0.05, 0.1) is 5.56 Å². The summed E-state index contributed by atoms with van der Waals surface area (Å²) in [5.74, 6) is -2.54. The lowest BCUT2D eigenvalue weighted by atomic mass is 9.88. The number of alkyl halides is 6. The van der Waals surface area contributed by atoms with Crippen LogP contribution in [-0.2, 0) is 17.5 Å². The molecule has 34 heavy (non-hydrogen) atoms. The summed E-state index contributed by atoms with van der Waals surface area (Å²) in [6.07, 6.45) is -0.667. The van der Waals surface area contributed by atoms with Gasteiger partial charge in [-0.3, -0.25) is 0 Å². The summed E-state index contributed by atoms with van der Waals surface area (Å²) >= 11 is 0. The van der Waals surface area contributed by atoms with Crippen molar-refractivity contribution in [2.24, 2.45) is 11.8 Å². The Kier molecular flexibility index (Phi) is 10.6. The molecule has 2 aliphatic rings. The second-order valence-corrected chi connectivity index (χ2v) is 8.96. The molecule has 11 heteroatoms. The lowest BCUT2D eigenvalue weighted by Crippen LogP contribution is -2.40. The Morgan fingerprint density at radius 2 is 1.56 bits per heavy atom. The van der Waals surface area contributed by atoms with Crippen LogP contribution < -0.4 is 5.32 Å². The maximum atomic E-state index is 14.0. The Morgan fingerprint density at radius 1 is 0.971 bits per heavy atom. The Hall–Kier alpha value is -1.88. The van der Waals surface area contributed by atoms with E-state index in [0.717, 1.165) is 44.5 Å². The van der Waals surface area contributed by atoms with Crippen molar-refractivity contribution in [1.29, 1.82) is 0 Å². The maximum absolute atomic E-state index is 14.0. The van der Waals surface area contributed by atoms with E-state index in [1.807, 2.05) is 0 Å². The number of piperidine rings is 1. The molecule has 1 heterocycles. The van der Waals surface area contributed by atoms with E-state index in [4.69, 9.17) is 9.90 Å². The van der Waals surface area contributed by atoms with Crippen LogP contribution in [0.15, 0.2) is 18.2 Å². The van der Waals surface area contributed by atoms with Crippen molar-refractivity contribution < 1.29 is 40.6 Å². The van der Waals surface area contributed by atoms with E-state index < -0.39 is 29.7 Å². The highest BCUT2D eigenvalue weighted by molar-refractivity contribution is 5.73. The van der Waals surface area contributed by atoms with Crippen LogP contribution in [-0.4, -0.2) is 48.3 Å². The van der Waals surface area contributed by atoms with Gasteiger partial charge in [0.2, 0.25) is 0 Å². The fraction of sp³-hybridized carbons (Fsp3) is 0.696. The zero-order valence-electron chi connectivity index (χ0n) is 18.8. The molecular weight excluding hydrogens is 469 g/mol. The van der Waals surface area contributed by atoms with Gasteiger partial charge in [-0.2, -0.15) is 26.3 Å². The van der Waals surface area contributed by atoms with Gasteiger partial charge >= 0.3 is 18.3 Å². The van der Waals surface area contributed by atoms with Gasteiger partial charge in [-0.25, -0.2) is 9.18 Å². The predicted molar refractivity (Wildman–Crippen MR) is 113 cm³/mol. The summed E-state index contributed by atoms with van der Waals surface area (Å²) in [5, 5.41) is 10.3. The molecule has 1 aromatic carbocycles. The molecule has 2 fully saturated rings. The number of carboxylic acids is 1. The Bertz CT molecular complexity index is 770. The van der Waals surface area contributed by atoms with Gasteiger partial charge in [0, 0.05) is 18.7 Å². The largest absolute Gasteiger partial charge is 0.490 e. The zero-order chi connectivity index (χ0) is 25.4. The summed E-state index contributed by atoms with van der Waals surface area (Å²) in [6, 6.07) is 3.48. The van der Waals surface area contributed by atoms with E-state index in [9.17, 15) is 30.7 Å². The summed E-state index contributed by atoms with van der Waals surface area (Å²) in [7, 11) is 0. The van der Waals surface area contributed by atoms with Crippen molar-refractivity contribution in [3.63, 3.8) is 0 Å². The molecule has 3 rings (SSSR count). The summed E-state index contributed by atoms with van der Waals surface area (Å²) in [6.45, 7) is 4.28. The first-order valence-corrected chi connectivity index (χ1v) is 11.5. The number of rotatable bonds is 6. The number of hydrogen-bond donors (Lipinski definition) is 2. The van der Waals surface area contributed by atoms with Gasteiger partial charge in [-0.1, -0.05) is 31.4 Å². The number of nitrogens with one attached hydrogen (secondary N) is 1. The van der Waals surface area contributed by atoms with E-state index in [0.29, 0.717) is 5.92 Å². The van der Waals surface area contributed by atoms with E-state index in [1.54, 1.807) is 0 Å². The van der Waals surface area contributed by atoms with Crippen LogP contribution in [0.5, 0.6) is 0 Å². The second-order valence-electron chi connectivity index (χ2n) is 8.96. The predicted octanol–water partition coefficient (Wildman–Crippen LogP) is 5.86. The Morgan fingerprint density at radius 3 is 2.09 bits per heavy atom. The highest BCUT2D eigenvalue weighted by Crippen LogP contribution is 2.32. The van der Waals surface area contributed by atoms with Crippen LogP contribution in [0, 0.1) is 17.7 Å². The van der Waals surface area contributed by atoms with Crippen molar-refractivity contribution in [2.45, 2.75) is 63.8 Å². The van der Waals surface area contributed by atoms with Crippen molar-refractivity contribution >= 4 is 5.97 Å². The number of carboxylic acid groups (broad SMARTS) is 1. The summed E-state index contributed by atoms with van der Waals surface area (Å²) < 4.78 is 84.1. The molecule has 4 nitrogen and oxygen atoms in total. The number of likely N-dealkylation sites (tertiary alicyclic amines) is 1. The van der Waals surface area contributed by atoms with E-state index in [-0.39, 0.29) is 12.1 Å². The SMILES string of the molecule is Fc1c(CNCC2CCN(CC3CCCCC3)CC2)cccc1C(F)(F)F.O=C(O)C(F)(F)F. The molecule has 1 aromatic rings. The van der Waals surface area contributed by atoms with E-state index in [2.05, 4.69) is 10.2 Å². The fourth-order valence-electron chi connectivity index (χ4n) is 4.45. The van der Waals surface area contributed by atoms with Crippen LogP contribution >= 0.6 is 0 Å². The highest BCUT2D eigenvalue weighted by Gasteiger charge is 2.38. The summed E-state index contributed by atoms with van der Waals surface area (Å²) in [4.78, 5) is 11.5. The van der Waals surface area contributed by atoms with Crippen LogP contribution in [0.2, 0.25) is 0 Å². The standard InChI is InChI=1S/C21H30F4N2.C2HF3O2/c22-20-18(7-4-8-19(20)21(23,24)25)14-26-13-16-9-11-27(12-10-16)15-17-5-2-1-3-6-17;3-2(4,5)1(6)7/h4,7-8,16-17,26H,1-3,5-6,9-15H2;(H,6,7). The smallest absolute Gasteiger partial charge is 0.475 e. The molecule has 0 bridgehead atoms. The molecular formula is C23H31F7N2O2. The van der Waals surface area contributed by atoms with Crippen LogP contribution in [0.3, 0.4) is 0 Å². The molecule has 1 aliphatic heterocycles. The Labute approximate surface area is 194 Å². The van der Waals surface area contributed by atoms with Gasteiger partial charge in [0.25, 0.3) is 0 Å². The molecule has 0 unspecified atom stereocenters. The minimum absolute atomic E-state index is 0.0829. The normalized spacial score (nSPS) is 18.9. The van der Waals surface area contributed by atoms with E-state index in [1.165, 1.54) is 50.8 Å². The highest BCUT2D eigenvalue weighted by atomic mass is 19.4. The third kappa shape index (κ3) is 9.40. The van der Waals surface area contributed by atoms with Crippen molar-refractivity contribution in [1.82, 2.24) is 10.2 Å². The number of hydrogen-bond acceptors (Lipinski definition) is 3. The average Bonchev–Trinajstić information content (AvgIpc) is 2.76. The maximum Gasteiger partial charge on any atom is 0.490 e. The van der Waals surface area contributed by atoms with Crippen molar-refractivity contribution in [3.05, 3.63) is 35.1 Å². The average molecular weight is 500 g/mol. The number of aliphatic carboxylic acids is 1. The lowest BCUT2D eigenvalue weighted by Gasteiger charge is -2.35. The fourth-order valence-corrected chi connectivity index (χ4v) is 4.45. The molecule has 0 amide bonds. The molecule has 1 saturated carbocycles. The van der Waals surface area contributed by atoms with Gasteiger partial charge in [-0.05, 0) is 63.2 Å². The zero-order valence-corrected chi connectivity index (χ0v) is 18.8. The third-order valence-electron chi connectivity index (χ3n) is 6.32. The van der Waals surface area contributed by atoms with Crippen LogP contribution in [0.4, 0.5) is 30.7 Å². The lowest BCUT2D eigenvalue weighted by molar-refractivity contribution is -0.192. The minimum atomic E-state index is -5.08. The first-order valence-electron chi connectivity index (χ1n) is 11.5. The quantitative estimate of drug-likeness (QED) is 0.481. The molecule has 1 aliphatic carbocycles. The molecule has 2 N–H and O–H groups in total. The Balaban J connectivity index is 0.000000509. The number of benzene rings is 1. The molecule has 0 atom stereocenters. The molecule has 1 saturated heterocycles. The number of halogens is 7. The first-order chi connectivity index (χ1) is 15.9. The molecule has 0 spiro atoms. The van der Waals surface area contributed by atoms with Crippen molar-refractivity contribution in [2.75, 3.05) is 26.2 Å². The van der Waals surface area contributed by atoms with Gasteiger partial charge in [-0.15, -0.1) is 0 Å². The molecule has 194 valence electrons. The van der Waals surface area contributed by atoms with Gasteiger partial charge in [0.15, 0.2) is 0 Å². The number of carbonyl (C=O) groups is 1. The van der Waals surface area contributed by atoms with Gasteiger partial charge < -0.3 is 15.3 Å². The second kappa shape index (κ2) is 12.7. The number of nitrogens with zero attached hydrogens (tertiary/aromatic N) is 1. The topological polar surface area (TPSA) is 52.6 Å². The van der Waals surface area contributed by atoms with E-state index >= 15 is 0 Å². The third-order valence-corrected chi connectivity index (χ3v) is 6.32. The van der Waals surface area contributed by atoms with Crippen molar-refractivity contribution in [3.8, 4) is 0 Å². The van der Waals surface area contributed by atoms with Crippen LogP contribution in [0.25, 0.3) is 0 Å². The first kappa shape index (κ1) is 28.4. The monoisotopic (exact) mass is 500 g/mol. The summed E-state index contributed by atoms with van der Waals surface area (Å²) in [5.41, 5.74) is -1.10. The molecule has 0 aromatic heterocycles. The molecule has 0 radical (unpaired) electrons. The minimum Gasteiger partial charge on any atom is -0.475 e. The van der Waals surface area contributed by atoms with Crippen LogP contribution in [0.1, 0.15) is 56.1 Å². The van der Waals surface area contributed by atoms with Gasteiger partial charge in [0.1, 0.15) is 5.82 Å².